The van der Waals surface area contributed by atoms with Crippen LogP contribution in [0.3, 0.4) is 0 Å². The van der Waals surface area contributed by atoms with Gasteiger partial charge in [-0.05, 0) is 0 Å². The van der Waals surface area contributed by atoms with Crippen LogP contribution in [0.5, 0.6) is 0 Å². The van der Waals surface area contributed by atoms with Gasteiger partial charge in [-0.1, -0.05) is 0 Å². The van der Waals surface area contributed by atoms with Crippen LogP contribution < -0.4 is 37.2 Å². The third-order valence-corrected chi connectivity index (χ3v) is 5.34. The summed E-state index contributed by atoms with van der Waals surface area (Å²) in [7, 11) is 0. The van der Waals surface area contributed by atoms with E-state index in [0.29, 0.717) is 11.8 Å². The van der Waals surface area contributed by atoms with Gasteiger partial charge in [0.05, 0.1) is 0 Å². The van der Waals surface area contributed by atoms with Gasteiger partial charge in [0.2, 0.25) is 0 Å². The number of rotatable bonds is 3. The average Bonchev–Trinajstić information content (AvgIpc) is 2.94. The Morgan fingerprint density at radius 2 is 1.08 bits per heavy atom. The fourth-order valence-corrected chi connectivity index (χ4v) is 4.35. The van der Waals surface area contributed by atoms with E-state index < -0.39 is 0 Å². The Bertz CT molecular complexity index is 808. The van der Waals surface area contributed by atoms with Crippen LogP contribution in [0.15, 0.2) is 88.8 Å². The summed E-state index contributed by atoms with van der Waals surface area (Å²) in [6.07, 6.45) is 2.35. The molecule has 26 heavy (non-hydrogen) atoms. The molecule has 0 aliphatic heterocycles. The number of hydrogen-bond donors (Lipinski definition) is 0. The van der Waals surface area contributed by atoms with Crippen molar-refractivity contribution in [1.82, 2.24) is 0 Å². The quantitative estimate of drug-likeness (QED) is 0.375. The fraction of sp³-hybridized carbons (Fsp3) is 0.0909. The molecule has 1 unspecified atom stereocenters. The molecule has 130 valence electrons. The summed E-state index contributed by atoms with van der Waals surface area (Å²) in [5.74, 6) is 0.772. The Hall–Kier alpha value is -1.02. The summed E-state index contributed by atoms with van der Waals surface area (Å²) in [6.45, 7) is 0. The van der Waals surface area contributed by atoms with Crippen molar-refractivity contribution < 1.29 is 57.7 Å². The summed E-state index contributed by atoms with van der Waals surface area (Å²) in [5, 5.41) is 0. The van der Waals surface area contributed by atoms with Crippen LogP contribution in [-0.4, -0.2) is 0 Å². The molecule has 0 spiro atoms. The van der Waals surface area contributed by atoms with E-state index in [9.17, 15) is 0 Å². The van der Waals surface area contributed by atoms with Gasteiger partial charge in [0.15, 0.2) is 0 Å². The van der Waals surface area contributed by atoms with Crippen molar-refractivity contribution in [2.45, 2.75) is 11.8 Å². The molecule has 0 saturated carbocycles. The summed E-state index contributed by atoms with van der Waals surface area (Å²) >= 11 is 2.27. The summed E-state index contributed by atoms with van der Waals surface area (Å²) in [6, 6.07) is 30.6. The summed E-state index contributed by atoms with van der Waals surface area (Å²) in [4.78, 5) is 0. The zero-order valence-corrected chi connectivity index (χ0v) is 17.8. The van der Waals surface area contributed by atoms with Gasteiger partial charge in [0.25, 0.3) is 0 Å². The van der Waals surface area contributed by atoms with E-state index in [1.54, 1.807) is 0 Å². The molecule has 3 aromatic rings. The predicted molar refractivity (Wildman–Crippen MR) is 91.9 cm³/mol. The molecule has 0 radical (unpaired) electrons. The van der Waals surface area contributed by atoms with Crippen LogP contribution >= 0.6 is 0 Å². The van der Waals surface area contributed by atoms with Crippen molar-refractivity contribution in [3.8, 4) is 0 Å². The number of benzene rings is 3. The molecule has 1 atom stereocenters. The molecular formula is C22H17Cl3Ti. The van der Waals surface area contributed by atoms with E-state index in [-0.39, 0.29) is 37.2 Å². The van der Waals surface area contributed by atoms with Crippen LogP contribution in [-0.2, 0) is 20.4 Å². The third-order valence-electron chi connectivity index (χ3n) is 4.63. The first-order valence-corrected chi connectivity index (χ1v) is 8.74. The number of halogens is 3. The molecule has 1 aliphatic rings. The number of allylic oxidation sites excluding steroid dienone is 1. The van der Waals surface area contributed by atoms with Gasteiger partial charge in [-0.15, -0.1) is 0 Å². The van der Waals surface area contributed by atoms with Gasteiger partial charge in [-0.2, -0.15) is 0 Å². The second kappa shape index (κ2) is 10.4. The molecule has 0 heterocycles. The van der Waals surface area contributed by atoms with Crippen molar-refractivity contribution in [3.05, 3.63) is 111 Å². The zero-order chi connectivity index (χ0) is 15.6. The van der Waals surface area contributed by atoms with Gasteiger partial charge in [-0.3, -0.25) is 0 Å². The van der Waals surface area contributed by atoms with Crippen LogP contribution in [0.4, 0.5) is 0 Å². The Balaban J connectivity index is 0.00000113. The van der Waals surface area contributed by atoms with E-state index in [1.807, 2.05) is 0 Å². The topological polar surface area (TPSA) is 0 Å². The first kappa shape index (κ1) is 23.0. The van der Waals surface area contributed by atoms with Crippen LogP contribution in [0.2, 0.25) is 0 Å². The molecule has 0 bridgehead atoms. The molecule has 0 aromatic heterocycles. The Morgan fingerprint density at radius 3 is 1.62 bits per heavy atom. The summed E-state index contributed by atoms with van der Waals surface area (Å²) < 4.78 is 1.45. The maximum absolute atomic E-state index is 2.35. The third kappa shape index (κ3) is 4.45. The van der Waals surface area contributed by atoms with Crippen molar-refractivity contribution >= 4 is 6.08 Å². The van der Waals surface area contributed by atoms with Gasteiger partial charge < -0.3 is 37.2 Å². The van der Waals surface area contributed by atoms with E-state index in [1.165, 1.54) is 26.1 Å². The van der Waals surface area contributed by atoms with E-state index in [0.717, 1.165) is 0 Å². The van der Waals surface area contributed by atoms with Gasteiger partial charge in [0.1, 0.15) is 0 Å². The van der Waals surface area contributed by atoms with Crippen molar-refractivity contribution in [3.63, 3.8) is 0 Å². The second-order valence-corrected chi connectivity index (χ2v) is 6.91. The standard InChI is InChI=1S/C22H17.3ClH.Ti/c1-3-10-18(11-4-1)22(19-12-5-2-6-13-19)21-16-15-17-9-7-8-14-20(17)21;;;;/h1-15,21-22H;3*1H;/q;;;;+3/p-3. The van der Waals surface area contributed by atoms with Gasteiger partial charge in [-0.25, -0.2) is 0 Å². The van der Waals surface area contributed by atoms with Crippen LogP contribution in [0, 0.1) is 0 Å². The van der Waals surface area contributed by atoms with Gasteiger partial charge >= 0.3 is 149 Å². The van der Waals surface area contributed by atoms with E-state index in [2.05, 4.69) is 111 Å². The molecule has 3 aromatic carbocycles. The molecule has 0 nitrogen and oxygen atoms in total. The SMILES string of the molecule is [Cl-].[Cl-].[Cl-].[Ti+3][C]1=Cc2ccccc2C1C(c1ccccc1)c1ccccc1. The van der Waals surface area contributed by atoms with E-state index in [4.69, 9.17) is 0 Å². The molecule has 0 N–H and O–H groups in total. The fourth-order valence-electron chi connectivity index (χ4n) is 3.61. The Morgan fingerprint density at radius 1 is 0.615 bits per heavy atom. The molecule has 4 heteroatoms. The molecule has 1 aliphatic carbocycles. The molecular weight excluding hydrogens is 418 g/mol. The van der Waals surface area contributed by atoms with E-state index >= 15 is 0 Å². The second-order valence-electron chi connectivity index (χ2n) is 6.01. The molecule has 0 saturated heterocycles. The normalized spacial score (nSPS) is 14.4. The first-order chi connectivity index (χ1) is 11.3. The Kier molecular flexibility index (Phi) is 9.17. The number of hydrogen-bond acceptors (Lipinski definition) is 0. The monoisotopic (exact) mass is 434 g/mol. The van der Waals surface area contributed by atoms with Crippen molar-refractivity contribution in [2.24, 2.45) is 0 Å². The first-order valence-electron chi connectivity index (χ1n) is 7.96. The number of fused-ring (bicyclic) bond motifs is 1. The van der Waals surface area contributed by atoms with Crippen molar-refractivity contribution in [1.29, 1.82) is 0 Å². The van der Waals surface area contributed by atoms with Crippen LogP contribution in [0.25, 0.3) is 6.08 Å². The molecule has 0 fully saturated rings. The predicted octanol–water partition coefficient (Wildman–Crippen LogP) is -3.48. The maximum atomic E-state index is 2.35. The average molecular weight is 436 g/mol. The molecule has 0 amide bonds. The Labute approximate surface area is 185 Å². The minimum absolute atomic E-state index is 0. The van der Waals surface area contributed by atoms with Crippen molar-refractivity contribution in [2.75, 3.05) is 0 Å². The summed E-state index contributed by atoms with van der Waals surface area (Å²) in [5.41, 5.74) is 5.58. The zero-order valence-electron chi connectivity index (χ0n) is 13.9. The van der Waals surface area contributed by atoms with Gasteiger partial charge in [0, 0.05) is 0 Å². The minimum atomic E-state index is 0. The molecule has 4 rings (SSSR count). The van der Waals surface area contributed by atoms with Crippen LogP contribution in [0.1, 0.15) is 34.1 Å².